The molecule has 1 unspecified atom stereocenters. The van der Waals surface area contributed by atoms with Crippen LogP contribution in [-0.2, 0) is 43.1 Å². The molecule has 3 aromatic carbocycles. The molecular formula is C42H51N3O8. The Morgan fingerprint density at radius 2 is 1.53 bits per heavy atom. The molecule has 1 heterocycles. The minimum Gasteiger partial charge on any atom is -0.497 e. The van der Waals surface area contributed by atoms with Gasteiger partial charge in [-0.3, -0.25) is 9.59 Å². The van der Waals surface area contributed by atoms with Crippen LogP contribution < -0.4 is 15.0 Å². The fourth-order valence-corrected chi connectivity index (χ4v) is 5.79. The van der Waals surface area contributed by atoms with E-state index in [1.165, 1.54) is 9.47 Å². The normalized spacial score (nSPS) is 12.3. The van der Waals surface area contributed by atoms with Gasteiger partial charge in [-0.2, -0.15) is 0 Å². The number of nitrogens with zero attached hydrogens (tertiary/aromatic N) is 2. The molecule has 0 fully saturated rings. The topological polar surface area (TPSA) is 125 Å². The molecule has 53 heavy (non-hydrogen) atoms. The molecule has 0 radical (unpaired) electrons. The van der Waals surface area contributed by atoms with E-state index in [4.69, 9.17) is 18.9 Å². The average Bonchev–Trinajstić information content (AvgIpc) is 3.38. The SMILES string of the molecule is CCOC(=O)Cc1c(/C=C/Cc2cccc(CC(NC(=O)OC(C)(C)C)C(=O)N(C)c3ccc(OC)cc3)c2)n(C(=O)OC(C)(C)C)c2ccccc12. The first-order valence-electron chi connectivity index (χ1n) is 17.7. The van der Waals surface area contributed by atoms with Crippen molar-refractivity contribution in [1.82, 2.24) is 9.88 Å². The number of ether oxygens (including phenoxy) is 4. The number of allylic oxidation sites excluding steroid dienone is 1. The van der Waals surface area contributed by atoms with Crippen LogP contribution in [0.1, 0.15) is 70.9 Å². The summed E-state index contributed by atoms with van der Waals surface area (Å²) in [5.74, 6) is -0.0653. The van der Waals surface area contributed by atoms with Gasteiger partial charge in [0.05, 0.1) is 31.3 Å². The summed E-state index contributed by atoms with van der Waals surface area (Å²) in [5.41, 5.74) is 2.69. The highest BCUT2D eigenvalue weighted by molar-refractivity contribution is 5.99. The molecule has 1 aromatic heterocycles. The fraction of sp³-hybridized carbons (Fsp3) is 0.381. The Kier molecular flexibility index (Phi) is 13.1. The van der Waals surface area contributed by atoms with Crippen molar-refractivity contribution in [2.75, 3.05) is 25.7 Å². The van der Waals surface area contributed by atoms with Crippen LogP contribution >= 0.6 is 0 Å². The van der Waals surface area contributed by atoms with Gasteiger partial charge in [-0.1, -0.05) is 48.5 Å². The lowest BCUT2D eigenvalue weighted by atomic mass is 10.0. The Balaban J connectivity index is 1.64. The highest BCUT2D eigenvalue weighted by Crippen LogP contribution is 2.30. The Bertz CT molecular complexity index is 1950. The first-order valence-corrected chi connectivity index (χ1v) is 17.7. The number of nitrogens with one attached hydrogen (secondary N) is 1. The number of methoxy groups -OCH3 is 1. The van der Waals surface area contributed by atoms with E-state index >= 15 is 0 Å². The van der Waals surface area contributed by atoms with Crippen LogP contribution in [-0.4, -0.2) is 66.6 Å². The summed E-state index contributed by atoms with van der Waals surface area (Å²) in [7, 11) is 3.23. The van der Waals surface area contributed by atoms with Crippen molar-refractivity contribution in [3.05, 3.63) is 101 Å². The summed E-state index contributed by atoms with van der Waals surface area (Å²) < 4.78 is 23.3. The van der Waals surface area contributed by atoms with Gasteiger partial charge in [0.1, 0.15) is 23.0 Å². The fourth-order valence-electron chi connectivity index (χ4n) is 5.79. The summed E-state index contributed by atoms with van der Waals surface area (Å²) in [4.78, 5) is 54.6. The predicted octanol–water partition coefficient (Wildman–Crippen LogP) is 7.89. The first-order chi connectivity index (χ1) is 25.0. The van der Waals surface area contributed by atoms with Crippen LogP contribution in [0.15, 0.2) is 78.9 Å². The number of anilines is 1. The number of rotatable bonds is 12. The molecule has 11 nitrogen and oxygen atoms in total. The van der Waals surface area contributed by atoms with Gasteiger partial charge < -0.3 is 29.2 Å². The van der Waals surface area contributed by atoms with E-state index in [0.717, 1.165) is 16.5 Å². The molecular weight excluding hydrogens is 674 g/mol. The number of likely N-dealkylation sites (N-methyl/N-ethyl adjacent to an activating group) is 1. The molecule has 0 aliphatic rings. The molecule has 1 N–H and O–H groups in total. The standard InChI is InChI=1S/C42H51N3O8/c1-10-51-37(46)27-33-32-18-11-12-19-35(32)45(40(49)53-42(5,6)7)36(33)20-14-16-28-15-13-17-29(25-28)26-34(43-39(48)52-41(2,3)4)38(47)44(8)30-21-23-31(50-9)24-22-30/h11-15,17-25,34H,10,16,26-27H2,1-9H3,(H,43,48)/b20-14+. The molecule has 0 saturated heterocycles. The molecule has 0 aliphatic carbocycles. The Morgan fingerprint density at radius 3 is 2.17 bits per heavy atom. The molecule has 0 aliphatic heterocycles. The summed E-state index contributed by atoms with van der Waals surface area (Å²) in [6.45, 7) is 12.7. The van der Waals surface area contributed by atoms with E-state index < -0.39 is 35.4 Å². The van der Waals surface area contributed by atoms with E-state index in [1.807, 2.05) is 60.7 Å². The van der Waals surface area contributed by atoms with Crippen molar-refractivity contribution >= 4 is 46.7 Å². The molecule has 2 amide bonds. The first kappa shape index (κ1) is 40.2. The number of benzene rings is 3. The maximum atomic E-state index is 13.9. The van der Waals surface area contributed by atoms with Gasteiger partial charge >= 0.3 is 18.2 Å². The van der Waals surface area contributed by atoms with E-state index in [-0.39, 0.29) is 25.4 Å². The number of hydrogen-bond donors (Lipinski definition) is 1. The van der Waals surface area contributed by atoms with E-state index in [9.17, 15) is 19.2 Å². The van der Waals surface area contributed by atoms with Crippen molar-refractivity contribution in [3.8, 4) is 5.75 Å². The summed E-state index contributed by atoms with van der Waals surface area (Å²) in [5, 5.41) is 3.53. The maximum Gasteiger partial charge on any atom is 0.419 e. The van der Waals surface area contributed by atoms with Gasteiger partial charge in [0, 0.05) is 24.5 Å². The van der Waals surface area contributed by atoms with Crippen molar-refractivity contribution in [1.29, 1.82) is 0 Å². The number of carbonyl (C=O) groups excluding carboxylic acids is 4. The Morgan fingerprint density at radius 1 is 0.868 bits per heavy atom. The van der Waals surface area contributed by atoms with Crippen molar-refractivity contribution in [2.24, 2.45) is 0 Å². The number of hydrogen-bond acceptors (Lipinski definition) is 8. The molecule has 1 atom stereocenters. The smallest absolute Gasteiger partial charge is 0.419 e. The Hall–Kier alpha value is -5.58. The minimum atomic E-state index is -0.933. The lowest BCUT2D eigenvalue weighted by Gasteiger charge is -2.27. The highest BCUT2D eigenvalue weighted by atomic mass is 16.6. The third-order valence-electron chi connectivity index (χ3n) is 8.06. The van der Waals surface area contributed by atoms with Crippen LogP contribution in [0.3, 0.4) is 0 Å². The molecule has 11 heteroatoms. The van der Waals surface area contributed by atoms with Crippen molar-refractivity contribution < 1.29 is 38.1 Å². The third-order valence-corrected chi connectivity index (χ3v) is 8.06. The van der Waals surface area contributed by atoms with Crippen LogP contribution in [0.2, 0.25) is 0 Å². The number of fused-ring (bicyclic) bond motifs is 1. The second-order valence-electron chi connectivity index (χ2n) is 14.6. The molecule has 4 rings (SSSR count). The van der Waals surface area contributed by atoms with Gasteiger partial charge in [0.2, 0.25) is 5.91 Å². The van der Waals surface area contributed by atoms with Crippen molar-refractivity contribution in [2.45, 2.75) is 85.0 Å². The van der Waals surface area contributed by atoms with Gasteiger partial charge in [-0.25, -0.2) is 14.2 Å². The largest absolute Gasteiger partial charge is 0.497 e. The summed E-state index contributed by atoms with van der Waals surface area (Å²) in [6, 6.07) is 21.3. The Labute approximate surface area is 311 Å². The van der Waals surface area contributed by atoms with Crippen molar-refractivity contribution in [3.63, 3.8) is 0 Å². The van der Waals surface area contributed by atoms with Gasteiger partial charge in [0.15, 0.2) is 0 Å². The number of alkyl carbamates (subject to hydrolysis) is 1. The second kappa shape index (κ2) is 17.3. The van der Waals surface area contributed by atoms with E-state index in [1.54, 1.807) is 86.9 Å². The number of carbonyl (C=O) groups is 4. The number of amides is 2. The number of aromatic nitrogens is 1. The molecule has 0 saturated carbocycles. The molecule has 0 spiro atoms. The van der Waals surface area contributed by atoms with Gasteiger partial charge in [0.25, 0.3) is 0 Å². The van der Waals surface area contributed by atoms with Crippen LogP contribution in [0, 0.1) is 0 Å². The highest BCUT2D eigenvalue weighted by Gasteiger charge is 2.29. The predicted molar refractivity (Wildman–Crippen MR) is 206 cm³/mol. The lowest BCUT2D eigenvalue weighted by molar-refractivity contribution is -0.142. The van der Waals surface area contributed by atoms with Gasteiger partial charge in [-0.15, -0.1) is 0 Å². The van der Waals surface area contributed by atoms with Crippen LogP contribution in [0.5, 0.6) is 5.75 Å². The maximum absolute atomic E-state index is 13.9. The summed E-state index contributed by atoms with van der Waals surface area (Å²) >= 11 is 0. The van der Waals surface area contributed by atoms with Gasteiger partial charge in [-0.05, 0) is 108 Å². The van der Waals surface area contributed by atoms with E-state index in [0.29, 0.717) is 34.6 Å². The average molecular weight is 726 g/mol. The second-order valence-corrected chi connectivity index (χ2v) is 14.6. The quantitative estimate of drug-likeness (QED) is 0.116. The zero-order chi connectivity index (χ0) is 38.9. The summed E-state index contributed by atoms with van der Waals surface area (Å²) in [6.07, 6.45) is 3.13. The lowest BCUT2D eigenvalue weighted by Crippen LogP contribution is -2.50. The third kappa shape index (κ3) is 11.2. The molecule has 282 valence electrons. The van der Waals surface area contributed by atoms with Crippen LogP contribution in [0.4, 0.5) is 15.3 Å². The zero-order valence-corrected chi connectivity index (χ0v) is 32.1. The van der Waals surface area contributed by atoms with Crippen LogP contribution in [0.25, 0.3) is 17.0 Å². The molecule has 0 bridgehead atoms. The van der Waals surface area contributed by atoms with E-state index in [2.05, 4.69) is 5.32 Å². The number of esters is 1. The zero-order valence-electron chi connectivity index (χ0n) is 32.1. The minimum absolute atomic E-state index is 0.0235. The molecule has 4 aromatic rings. The monoisotopic (exact) mass is 725 g/mol. The number of para-hydroxylation sites is 1.